The normalized spacial score (nSPS) is 11.5. The van der Waals surface area contributed by atoms with E-state index >= 15 is 0 Å². The molecular weight excluding hydrogens is 484 g/mol. The van der Waals surface area contributed by atoms with Crippen molar-refractivity contribution in [1.29, 1.82) is 5.26 Å². The van der Waals surface area contributed by atoms with Gasteiger partial charge in [0, 0.05) is 11.6 Å². The number of nitrogens with one attached hydrogen (secondary N) is 1. The molecule has 9 heteroatoms. The van der Waals surface area contributed by atoms with Crippen molar-refractivity contribution in [3.8, 4) is 11.8 Å². The van der Waals surface area contributed by atoms with Crippen molar-refractivity contribution >= 4 is 40.2 Å². The molecule has 2 N–H and O–H groups in total. The molecule has 0 saturated heterocycles. The van der Waals surface area contributed by atoms with E-state index in [9.17, 15) is 20.0 Å². The number of amides is 1. The third-order valence-corrected chi connectivity index (χ3v) is 6.29. The van der Waals surface area contributed by atoms with Gasteiger partial charge in [-0.2, -0.15) is 5.26 Å². The fourth-order valence-electron chi connectivity index (χ4n) is 3.35. The van der Waals surface area contributed by atoms with Crippen molar-refractivity contribution in [2.24, 2.45) is 0 Å². The summed E-state index contributed by atoms with van der Waals surface area (Å²) >= 11 is 7.04. The van der Waals surface area contributed by atoms with E-state index in [1.807, 2.05) is 30.3 Å². The summed E-state index contributed by atoms with van der Waals surface area (Å²) in [4.78, 5) is 30.4. The van der Waals surface area contributed by atoms with Crippen LogP contribution in [0.1, 0.15) is 5.56 Å². The van der Waals surface area contributed by atoms with Crippen molar-refractivity contribution < 1.29 is 9.90 Å². The van der Waals surface area contributed by atoms with E-state index in [4.69, 9.17) is 11.6 Å². The Labute approximate surface area is 210 Å². The second-order valence-corrected chi connectivity index (χ2v) is 8.80. The Bertz CT molecular complexity index is 1510. The predicted molar refractivity (Wildman–Crippen MR) is 137 cm³/mol. The Hall–Kier alpha value is -4.06. The Kier molecular flexibility index (Phi) is 7.51. The first-order chi connectivity index (χ1) is 17.0. The van der Waals surface area contributed by atoms with Crippen LogP contribution in [-0.2, 0) is 11.3 Å². The standard InChI is InChI=1S/C26H19ClN4O3S/c27-18-10-12-19(13-11-18)31-25(34)20-8-4-5-9-22(20)30-26(31)35-16-23(32)21(14-28)24(33)29-15-17-6-2-1-3-7-17/h1-13,32H,15-16H2,(H,29,33). The summed E-state index contributed by atoms with van der Waals surface area (Å²) in [7, 11) is 0. The monoisotopic (exact) mass is 502 g/mol. The molecule has 35 heavy (non-hydrogen) atoms. The quantitative estimate of drug-likeness (QED) is 0.124. The molecule has 4 rings (SSSR count). The minimum absolute atomic E-state index is 0.139. The van der Waals surface area contributed by atoms with Gasteiger partial charge >= 0.3 is 0 Å². The van der Waals surface area contributed by atoms with Crippen molar-refractivity contribution in [2.45, 2.75) is 11.7 Å². The lowest BCUT2D eigenvalue weighted by molar-refractivity contribution is -0.117. The molecule has 0 bridgehead atoms. The topological polar surface area (TPSA) is 108 Å². The zero-order valence-electron chi connectivity index (χ0n) is 18.3. The van der Waals surface area contributed by atoms with E-state index in [-0.39, 0.29) is 17.9 Å². The molecule has 1 amide bonds. The molecule has 0 saturated carbocycles. The third-order valence-electron chi connectivity index (χ3n) is 5.09. The maximum Gasteiger partial charge on any atom is 0.266 e. The first kappa shape index (κ1) is 24.1. The molecule has 0 aliphatic rings. The van der Waals surface area contributed by atoms with Gasteiger partial charge in [0.25, 0.3) is 11.5 Å². The first-order valence-corrected chi connectivity index (χ1v) is 11.9. The summed E-state index contributed by atoms with van der Waals surface area (Å²) in [5, 5.41) is 23.9. The molecule has 0 fully saturated rings. The number of carbonyl (C=O) groups is 1. The van der Waals surface area contributed by atoms with Gasteiger partial charge in [-0.25, -0.2) is 4.98 Å². The fourth-order valence-corrected chi connectivity index (χ4v) is 4.36. The van der Waals surface area contributed by atoms with E-state index in [1.165, 1.54) is 4.57 Å². The highest BCUT2D eigenvalue weighted by atomic mass is 35.5. The van der Waals surface area contributed by atoms with Gasteiger partial charge in [-0.15, -0.1) is 0 Å². The lowest BCUT2D eigenvalue weighted by Crippen LogP contribution is -2.25. The number of halogens is 1. The third kappa shape index (κ3) is 5.54. The fraction of sp³-hybridized carbons (Fsp3) is 0.0769. The number of nitriles is 1. The number of thioether (sulfide) groups is 1. The molecular formula is C26H19ClN4O3S. The lowest BCUT2D eigenvalue weighted by atomic mass is 10.2. The van der Waals surface area contributed by atoms with Gasteiger partial charge in [0.05, 0.1) is 22.3 Å². The molecule has 0 atom stereocenters. The number of hydrogen-bond acceptors (Lipinski definition) is 6. The molecule has 4 aromatic rings. The summed E-state index contributed by atoms with van der Waals surface area (Å²) in [6.07, 6.45) is 0. The average molecular weight is 503 g/mol. The molecule has 0 aliphatic heterocycles. The van der Waals surface area contributed by atoms with Crippen molar-refractivity contribution in [1.82, 2.24) is 14.9 Å². The number of aliphatic hydroxyl groups is 1. The summed E-state index contributed by atoms with van der Waals surface area (Å²) < 4.78 is 1.41. The zero-order valence-corrected chi connectivity index (χ0v) is 19.9. The van der Waals surface area contributed by atoms with Crippen LogP contribution in [0.5, 0.6) is 0 Å². The van der Waals surface area contributed by atoms with Crippen LogP contribution in [0.2, 0.25) is 5.02 Å². The van der Waals surface area contributed by atoms with E-state index in [0.717, 1.165) is 17.3 Å². The number of benzene rings is 3. The largest absolute Gasteiger partial charge is 0.510 e. The van der Waals surface area contributed by atoms with Crippen molar-refractivity contribution in [2.75, 3.05) is 5.75 Å². The SMILES string of the molecule is N#CC(C(=O)NCc1ccccc1)=C(O)CSc1nc2ccccc2c(=O)n1-c1ccc(Cl)cc1. The van der Waals surface area contributed by atoms with Crippen LogP contribution in [0, 0.1) is 11.3 Å². The minimum Gasteiger partial charge on any atom is -0.510 e. The van der Waals surface area contributed by atoms with E-state index in [0.29, 0.717) is 26.8 Å². The smallest absolute Gasteiger partial charge is 0.266 e. The van der Waals surface area contributed by atoms with Gasteiger partial charge < -0.3 is 10.4 Å². The van der Waals surface area contributed by atoms with Crippen LogP contribution in [-0.4, -0.2) is 26.3 Å². The van der Waals surface area contributed by atoms with Gasteiger partial charge in [0.1, 0.15) is 11.8 Å². The molecule has 7 nitrogen and oxygen atoms in total. The van der Waals surface area contributed by atoms with Crippen molar-refractivity contribution in [3.05, 3.63) is 111 Å². The predicted octanol–water partition coefficient (Wildman–Crippen LogP) is 4.78. The maximum absolute atomic E-state index is 13.3. The molecule has 0 radical (unpaired) electrons. The Morgan fingerprint density at radius 1 is 1.06 bits per heavy atom. The van der Waals surface area contributed by atoms with E-state index in [1.54, 1.807) is 54.6 Å². The maximum atomic E-state index is 13.3. The Morgan fingerprint density at radius 2 is 1.74 bits per heavy atom. The summed E-state index contributed by atoms with van der Waals surface area (Å²) in [6, 6.07) is 24.6. The van der Waals surface area contributed by atoms with Crippen LogP contribution in [0.15, 0.2) is 100 Å². The van der Waals surface area contributed by atoms with Gasteiger partial charge in [-0.3, -0.25) is 14.2 Å². The Morgan fingerprint density at radius 3 is 2.46 bits per heavy atom. The second-order valence-electron chi connectivity index (χ2n) is 7.42. The number of nitrogens with zero attached hydrogens (tertiary/aromatic N) is 3. The lowest BCUT2D eigenvalue weighted by Gasteiger charge is -2.13. The highest BCUT2D eigenvalue weighted by Crippen LogP contribution is 2.24. The second kappa shape index (κ2) is 10.9. The molecule has 3 aromatic carbocycles. The summed E-state index contributed by atoms with van der Waals surface area (Å²) in [5.74, 6) is -1.23. The van der Waals surface area contributed by atoms with Crippen LogP contribution >= 0.6 is 23.4 Å². The summed E-state index contributed by atoms with van der Waals surface area (Å²) in [6.45, 7) is 0.216. The zero-order chi connectivity index (χ0) is 24.8. The average Bonchev–Trinajstić information content (AvgIpc) is 2.88. The number of para-hydroxylation sites is 1. The van der Waals surface area contributed by atoms with Crippen LogP contribution in [0.25, 0.3) is 16.6 Å². The highest BCUT2D eigenvalue weighted by Gasteiger charge is 2.18. The van der Waals surface area contributed by atoms with E-state index in [2.05, 4.69) is 10.3 Å². The summed E-state index contributed by atoms with van der Waals surface area (Å²) in [5.41, 5.74) is 1.22. The van der Waals surface area contributed by atoms with Crippen LogP contribution in [0.4, 0.5) is 0 Å². The van der Waals surface area contributed by atoms with Crippen molar-refractivity contribution in [3.63, 3.8) is 0 Å². The number of aromatic nitrogens is 2. The van der Waals surface area contributed by atoms with E-state index < -0.39 is 17.2 Å². The first-order valence-electron chi connectivity index (χ1n) is 10.5. The van der Waals surface area contributed by atoms with Gasteiger partial charge in [-0.05, 0) is 42.0 Å². The Balaban J connectivity index is 1.63. The van der Waals surface area contributed by atoms with Crippen LogP contribution in [0.3, 0.4) is 0 Å². The molecule has 1 aromatic heterocycles. The van der Waals surface area contributed by atoms with Crippen LogP contribution < -0.4 is 10.9 Å². The van der Waals surface area contributed by atoms with Gasteiger partial charge in [0.15, 0.2) is 10.7 Å². The molecule has 0 spiro atoms. The molecule has 0 aliphatic carbocycles. The number of fused-ring (bicyclic) bond motifs is 1. The van der Waals surface area contributed by atoms with Gasteiger partial charge in [-0.1, -0.05) is 65.8 Å². The molecule has 1 heterocycles. The number of aliphatic hydroxyl groups excluding tert-OH is 1. The number of rotatable bonds is 7. The molecule has 0 unspecified atom stereocenters. The molecule has 174 valence electrons. The number of carbonyl (C=O) groups excluding carboxylic acids is 1. The highest BCUT2D eigenvalue weighted by molar-refractivity contribution is 7.99. The number of hydrogen-bond donors (Lipinski definition) is 2. The minimum atomic E-state index is -0.684. The van der Waals surface area contributed by atoms with Gasteiger partial charge in [0.2, 0.25) is 0 Å².